The second-order valence-electron chi connectivity index (χ2n) is 2.76. The Balaban J connectivity index is 2.33. The van der Waals surface area contributed by atoms with Crippen LogP contribution in [0.25, 0.3) is 11.4 Å². The highest BCUT2D eigenvalue weighted by atomic mass is 79.9. The van der Waals surface area contributed by atoms with Crippen molar-refractivity contribution in [2.75, 3.05) is 0 Å². The largest absolute Gasteiger partial charge is 0.336 e. The fraction of sp³-hybridized carbons (Fsp3) is 0.111. The molecule has 3 nitrogen and oxygen atoms in total. The Hall–Kier alpha value is -0.580. The van der Waals surface area contributed by atoms with Gasteiger partial charge < -0.3 is 4.52 Å². The van der Waals surface area contributed by atoms with E-state index in [4.69, 9.17) is 27.7 Å². The normalized spacial score (nSPS) is 10.9. The number of nitrogens with zero attached hydrogens (tertiary/aromatic N) is 2. The second kappa shape index (κ2) is 4.51. The molecule has 0 saturated carbocycles. The van der Waals surface area contributed by atoms with Gasteiger partial charge in [-0.3, -0.25) is 0 Å². The van der Waals surface area contributed by atoms with Crippen molar-refractivity contribution in [1.82, 2.24) is 10.1 Å². The van der Waals surface area contributed by atoms with Crippen LogP contribution in [0.5, 0.6) is 0 Å². The molecule has 0 aliphatic heterocycles. The van der Waals surface area contributed by atoms with E-state index in [1.165, 1.54) is 0 Å². The molecule has 2 aromatic rings. The fourth-order valence-electron chi connectivity index (χ4n) is 1.04. The molecule has 0 unspecified atom stereocenters. The van der Waals surface area contributed by atoms with E-state index in [9.17, 15) is 0 Å². The number of hydrogen-bond acceptors (Lipinski definition) is 3. The van der Waals surface area contributed by atoms with Crippen LogP contribution in [0.1, 0.15) is 10.7 Å². The van der Waals surface area contributed by atoms with Gasteiger partial charge in [0.1, 0.15) is 0 Å². The van der Waals surface area contributed by atoms with Crippen LogP contribution in [0.2, 0.25) is 0 Å². The van der Waals surface area contributed by atoms with E-state index in [0.29, 0.717) is 5.82 Å². The smallest absolute Gasteiger partial charge is 0.260 e. The van der Waals surface area contributed by atoms with Gasteiger partial charge in [0.05, 0.1) is 0 Å². The van der Waals surface area contributed by atoms with Crippen molar-refractivity contribution in [2.24, 2.45) is 0 Å². The molecule has 0 amide bonds. The molecule has 6 heteroatoms. The number of benzene rings is 1. The predicted octanol–water partition coefficient (Wildman–Crippen LogP) is 3.98. The van der Waals surface area contributed by atoms with Gasteiger partial charge in [-0.05, 0) is 24.3 Å². The minimum atomic E-state index is -0.790. The third-order valence-corrected chi connectivity index (χ3v) is 2.63. The molecular weight excluding hydrogens is 303 g/mol. The first-order valence-corrected chi connectivity index (χ1v) is 5.71. The number of aromatic nitrogens is 2. The van der Waals surface area contributed by atoms with Crippen molar-refractivity contribution in [3.05, 3.63) is 34.6 Å². The summed E-state index contributed by atoms with van der Waals surface area (Å²) in [4.78, 5) is 3.26. The number of hydrogen-bond donors (Lipinski definition) is 0. The summed E-state index contributed by atoms with van der Waals surface area (Å²) in [5, 5.41) is 3.77. The van der Waals surface area contributed by atoms with Crippen LogP contribution in [0, 0.1) is 0 Å². The third-order valence-electron chi connectivity index (χ3n) is 1.73. The van der Waals surface area contributed by atoms with Crippen LogP contribution < -0.4 is 0 Å². The number of alkyl halides is 2. The first-order valence-electron chi connectivity index (χ1n) is 4.04. The Labute approximate surface area is 105 Å². The Bertz CT molecular complexity index is 455. The predicted molar refractivity (Wildman–Crippen MR) is 61.9 cm³/mol. The lowest BCUT2D eigenvalue weighted by molar-refractivity contribution is 0.388. The molecule has 1 aromatic carbocycles. The van der Waals surface area contributed by atoms with Crippen LogP contribution >= 0.6 is 39.1 Å². The fourth-order valence-corrected chi connectivity index (χ4v) is 1.48. The molecule has 0 fully saturated rings. The summed E-state index contributed by atoms with van der Waals surface area (Å²) in [5.41, 5.74) is 0.849. The van der Waals surface area contributed by atoms with Gasteiger partial charge in [0.25, 0.3) is 5.89 Å². The van der Waals surface area contributed by atoms with Crippen molar-refractivity contribution in [2.45, 2.75) is 4.84 Å². The minimum Gasteiger partial charge on any atom is -0.336 e. The third kappa shape index (κ3) is 2.51. The summed E-state index contributed by atoms with van der Waals surface area (Å²) in [5.74, 6) is 0.681. The molecule has 0 N–H and O–H groups in total. The average molecular weight is 308 g/mol. The highest BCUT2D eigenvalue weighted by Gasteiger charge is 2.13. The highest BCUT2D eigenvalue weighted by Crippen LogP contribution is 2.25. The van der Waals surface area contributed by atoms with Gasteiger partial charge in [-0.25, -0.2) is 0 Å². The molecule has 1 heterocycles. The lowest BCUT2D eigenvalue weighted by Gasteiger charge is -1.93. The van der Waals surface area contributed by atoms with Gasteiger partial charge in [0.15, 0.2) is 4.84 Å². The molecule has 0 spiro atoms. The summed E-state index contributed by atoms with van der Waals surface area (Å²) in [7, 11) is 0. The maximum absolute atomic E-state index is 5.59. The van der Waals surface area contributed by atoms with E-state index in [0.717, 1.165) is 10.0 Å². The zero-order chi connectivity index (χ0) is 10.8. The monoisotopic (exact) mass is 306 g/mol. The van der Waals surface area contributed by atoms with Gasteiger partial charge in [-0.1, -0.05) is 44.3 Å². The zero-order valence-corrected chi connectivity index (χ0v) is 10.4. The summed E-state index contributed by atoms with van der Waals surface area (Å²) in [6, 6.07) is 7.53. The minimum absolute atomic E-state index is 0.205. The Morgan fingerprint density at radius 1 is 1.20 bits per heavy atom. The van der Waals surface area contributed by atoms with Crippen LogP contribution in [0.15, 0.2) is 33.3 Å². The summed E-state index contributed by atoms with van der Waals surface area (Å²) in [6.45, 7) is 0. The van der Waals surface area contributed by atoms with E-state index in [1.54, 1.807) is 0 Å². The molecule has 0 aliphatic carbocycles. The van der Waals surface area contributed by atoms with Crippen LogP contribution in [0.3, 0.4) is 0 Å². The van der Waals surface area contributed by atoms with E-state index >= 15 is 0 Å². The Morgan fingerprint density at radius 2 is 1.87 bits per heavy atom. The molecule has 0 saturated heterocycles. The molecule has 15 heavy (non-hydrogen) atoms. The number of halogens is 3. The quantitative estimate of drug-likeness (QED) is 0.788. The van der Waals surface area contributed by atoms with Crippen molar-refractivity contribution in [3.8, 4) is 11.4 Å². The topological polar surface area (TPSA) is 38.9 Å². The summed E-state index contributed by atoms with van der Waals surface area (Å²) < 4.78 is 5.86. The maximum atomic E-state index is 5.59. The first kappa shape index (κ1) is 10.9. The van der Waals surface area contributed by atoms with Gasteiger partial charge in [-0.15, -0.1) is 0 Å². The van der Waals surface area contributed by atoms with Crippen molar-refractivity contribution in [1.29, 1.82) is 0 Å². The molecule has 0 atom stereocenters. The second-order valence-corrected chi connectivity index (χ2v) is 4.78. The van der Waals surface area contributed by atoms with Gasteiger partial charge in [0, 0.05) is 10.0 Å². The van der Waals surface area contributed by atoms with Crippen molar-refractivity contribution in [3.63, 3.8) is 0 Å². The lowest BCUT2D eigenvalue weighted by atomic mass is 10.2. The first-order chi connectivity index (χ1) is 7.16. The molecule has 78 valence electrons. The standard InChI is InChI=1S/C9H5BrCl2N2O/c10-6-3-1-5(2-4-6)8-13-9(7(11)12)15-14-8/h1-4,7H. The zero-order valence-electron chi connectivity index (χ0n) is 7.32. The van der Waals surface area contributed by atoms with E-state index in [1.807, 2.05) is 24.3 Å². The van der Waals surface area contributed by atoms with Gasteiger partial charge in [-0.2, -0.15) is 4.98 Å². The summed E-state index contributed by atoms with van der Waals surface area (Å²) in [6.07, 6.45) is 0. The Kier molecular flexibility index (Phi) is 3.29. The molecule has 0 radical (unpaired) electrons. The lowest BCUT2D eigenvalue weighted by Crippen LogP contribution is -1.82. The van der Waals surface area contributed by atoms with Crippen molar-refractivity contribution < 1.29 is 4.52 Å². The maximum Gasteiger partial charge on any atom is 0.260 e. The molecule has 1 aromatic heterocycles. The average Bonchev–Trinajstić information content (AvgIpc) is 2.68. The van der Waals surface area contributed by atoms with E-state index in [-0.39, 0.29) is 5.89 Å². The molecule has 0 bridgehead atoms. The SMILES string of the molecule is ClC(Cl)c1nc(-c2ccc(Br)cc2)no1. The molecule has 2 rings (SSSR count). The Morgan fingerprint density at radius 3 is 2.40 bits per heavy atom. The van der Waals surface area contributed by atoms with Gasteiger partial charge in [0.2, 0.25) is 5.82 Å². The van der Waals surface area contributed by atoms with Gasteiger partial charge >= 0.3 is 0 Å². The van der Waals surface area contributed by atoms with E-state index < -0.39 is 4.84 Å². The van der Waals surface area contributed by atoms with E-state index in [2.05, 4.69) is 26.1 Å². The summed E-state index contributed by atoms with van der Waals surface area (Å²) >= 11 is 14.5. The molecular formula is C9H5BrCl2N2O. The van der Waals surface area contributed by atoms with Crippen LogP contribution in [-0.4, -0.2) is 10.1 Å². The molecule has 0 aliphatic rings. The van der Waals surface area contributed by atoms with Crippen LogP contribution in [-0.2, 0) is 0 Å². The highest BCUT2D eigenvalue weighted by molar-refractivity contribution is 9.10. The van der Waals surface area contributed by atoms with Crippen LogP contribution in [0.4, 0.5) is 0 Å². The number of rotatable bonds is 2. The van der Waals surface area contributed by atoms with Crippen molar-refractivity contribution >= 4 is 39.1 Å².